The number of amides is 2. The highest BCUT2D eigenvalue weighted by Gasteiger charge is 2.29. The van der Waals surface area contributed by atoms with Crippen LogP contribution in [-0.4, -0.2) is 48.8 Å². The number of hydrogen-bond acceptors (Lipinski definition) is 5. The van der Waals surface area contributed by atoms with Gasteiger partial charge in [0.1, 0.15) is 0 Å². The number of carbonyl (C=O) groups excluding carboxylic acids is 2. The number of nitrogens with one attached hydrogen (secondary N) is 2. The fourth-order valence-corrected chi connectivity index (χ4v) is 2.06. The van der Waals surface area contributed by atoms with Gasteiger partial charge in [-0.3, -0.25) is 9.59 Å². The van der Waals surface area contributed by atoms with E-state index in [1.807, 2.05) is 0 Å². The van der Waals surface area contributed by atoms with Crippen LogP contribution in [0.4, 0.5) is 0 Å². The van der Waals surface area contributed by atoms with E-state index in [1.54, 1.807) is 12.1 Å². The van der Waals surface area contributed by atoms with Crippen molar-refractivity contribution in [1.29, 1.82) is 0 Å². The van der Waals surface area contributed by atoms with Crippen LogP contribution in [0.3, 0.4) is 0 Å². The van der Waals surface area contributed by atoms with E-state index in [0.717, 1.165) is 0 Å². The predicted molar refractivity (Wildman–Crippen MR) is 73.7 cm³/mol. The molecule has 116 valence electrons. The van der Waals surface area contributed by atoms with E-state index in [9.17, 15) is 14.7 Å². The van der Waals surface area contributed by atoms with Gasteiger partial charge in [0.2, 0.25) is 5.91 Å². The molecule has 7 heteroatoms. The Kier molecular flexibility index (Phi) is 5.35. The maximum atomic E-state index is 11.7. The van der Waals surface area contributed by atoms with E-state index in [1.165, 1.54) is 6.26 Å². The maximum Gasteiger partial charge on any atom is 0.286 e. The molecule has 2 rings (SSSR count). The van der Waals surface area contributed by atoms with Crippen molar-refractivity contribution in [1.82, 2.24) is 10.6 Å². The highest BCUT2D eigenvalue weighted by Crippen LogP contribution is 2.19. The van der Waals surface area contributed by atoms with E-state index >= 15 is 0 Å². The molecule has 1 aliphatic rings. The summed E-state index contributed by atoms with van der Waals surface area (Å²) < 4.78 is 10.1. The average Bonchev–Trinajstić information content (AvgIpc) is 3.00. The first-order valence-corrected chi connectivity index (χ1v) is 6.98. The molecule has 1 aliphatic heterocycles. The molecule has 0 bridgehead atoms. The van der Waals surface area contributed by atoms with Gasteiger partial charge in [0.25, 0.3) is 5.91 Å². The van der Waals surface area contributed by atoms with Crippen molar-refractivity contribution in [2.75, 3.05) is 26.3 Å². The van der Waals surface area contributed by atoms with Gasteiger partial charge in [-0.2, -0.15) is 0 Å². The second-order valence-electron chi connectivity index (χ2n) is 5.10. The van der Waals surface area contributed by atoms with Crippen molar-refractivity contribution in [2.24, 2.45) is 0 Å². The van der Waals surface area contributed by atoms with Crippen molar-refractivity contribution >= 4 is 11.8 Å². The lowest BCUT2D eigenvalue weighted by atomic mass is 9.94. The molecule has 7 nitrogen and oxygen atoms in total. The Bertz CT molecular complexity index is 466. The Labute approximate surface area is 122 Å². The van der Waals surface area contributed by atoms with Crippen LogP contribution in [0.25, 0.3) is 0 Å². The first-order chi connectivity index (χ1) is 10.1. The van der Waals surface area contributed by atoms with E-state index in [-0.39, 0.29) is 37.1 Å². The van der Waals surface area contributed by atoms with Crippen LogP contribution < -0.4 is 10.6 Å². The van der Waals surface area contributed by atoms with Crippen LogP contribution in [0.1, 0.15) is 29.8 Å². The van der Waals surface area contributed by atoms with E-state index in [4.69, 9.17) is 9.15 Å². The summed E-state index contributed by atoms with van der Waals surface area (Å²) in [6.45, 7) is 1.44. The molecule has 0 spiro atoms. The quantitative estimate of drug-likeness (QED) is 0.689. The minimum Gasteiger partial charge on any atom is -0.459 e. The van der Waals surface area contributed by atoms with Crippen molar-refractivity contribution in [3.05, 3.63) is 24.2 Å². The van der Waals surface area contributed by atoms with Gasteiger partial charge in [-0.15, -0.1) is 0 Å². The monoisotopic (exact) mass is 296 g/mol. The second-order valence-corrected chi connectivity index (χ2v) is 5.10. The standard InChI is InChI=1S/C14H20N2O5/c17-12(16-10-14(19)4-8-20-9-5-14)3-6-15-13(18)11-2-1-7-21-11/h1-2,7,19H,3-6,8-10H2,(H,15,18)(H,16,17). The Balaban J connectivity index is 1.62. The van der Waals surface area contributed by atoms with Crippen LogP contribution in [-0.2, 0) is 9.53 Å². The van der Waals surface area contributed by atoms with Gasteiger partial charge in [-0.05, 0) is 12.1 Å². The van der Waals surface area contributed by atoms with E-state index < -0.39 is 5.60 Å². The molecular formula is C14H20N2O5. The highest BCUT2D eigenvalue weighted by atomic mass is 16.5. The smallest absolute Gasteiger partial charge is 0.286 e. The number of furan rings is 1. The number of carbonyl (C=O) groups is 2. The summed E-state index contributed by atoms with van der Waals surface area (Å²) >= 11 is 0. The summed E-state index contributed by atoms with van der Waals surface area (Å²) in [6.07, 6.45) is 2.60. The largest absolute Gasteiger partial charge is 0.459 e. The van der Waals surface area contributed by atoms with Gasteiger partial charge in [-0.1, -0.05) is 0 Å². The summed E-state index contributed by atoms with van der Waals surface area (Å²) in [6, 6.07) is 3.17. The molecule has 1 saturated heterocycles. The fraction of sp³-hybridized carbons (Fsp3) is 0.571. The lowest BCUT2D eigenvalue weighted by Gasteiger charge is -2.32. The first kappa shape index (κ1) is 15.5. The highest BCUT2D eigenvalue weighted by molar-refractivity contribution is 5.91. The van der Waals surface area contributed by atoms with Crippen LogP contribution in [0, 0.1) is 0 Å². The lowest BCUT2D eigenvalue weighted by Crippen LogP contribution is -2.47. The summed E-state index contributed by atoms with van der Waals surface area (Å²) in [7, 11) is 0. The molecule has 1 fully saturated rings. The zero-order valence-electron chi connectivity index (χ0n) is 11.8. The van der Waals surface area contributed by atoms with E-state index in [2.05, 4.69) is 10.6 Å². The number of ether oxygens (including phenoxy) is 1. The second kappa shape index (κ2) is 7.24. The molecule has 0 aromatic carbocycles. The number of hydrogen-bond donors (Lipinski definition) is 3. The van der Waals surface area contributed by atoms with Gasteiger partial charge >= 0.3 is 0 Å². The Morgan fingerprint density at radius 3 is 2.71 bits per heavy atom. The summed E-state index contributed by atoms with van der Waals surface area (Å²) in [5.74, 6) is -0.350. The predicted octanol–water partition coefficient (Wildman–Crippen LogP) is 0.0572. The minimum atomic E-state index is -0.884. The summed E-state index contributed by atoms with van der Waals surface area (Å²) in [5, 5.41) is 15.5. The Morgan fingerprint density at radius 2 is 2.05 bits per heavy atom. The minimum absolute atomic E-state index is 0.152. The first-order valence-electron chi connectivity index (χ1n) is 6.98. The lowest BCUT2D eigenvalue weighted by molar-refractivity contribution is -0.123. The zero-order chi connectivity index (χ0) is 15.1. The third-order valence-corrected chi connectivity index (χ3v) is 3.42. The normalized spacial score (nSPS) is 17.2. The van der Waals surface area contributed by atoms with Gasteiger partial charge in [0.15, 0.2) is 5.76 Å². The van der Waals surface area contributed by atoms with Crippen molar-refractivity contribution in [3.8, 4) is 0 Å². The maximum absolute atomic E-state index is 11.7. The molecule has 0 radical (unpaired) electrons. The molecule has 21 heavy (non-hydrogen) atoms. The Morgan fingerprint density at radius 1 is 1.29 bits per heavy atom. The average molecular weight is 296 g/mol. The van der Waals surface area contributed by atoms with Crippen molar-refractivity contribution in [2.45, 2.75) is 24.9 Å². The molecule has 0 saturated carbocycles. The summed E-state index contributed by atoms with van der Waals surface area (Å²) in [5.41, 5.74) is -0.884. The molecule has 2 amide bonds. The van der Waals surface area contributed by atoms with Crippen LogP contribution in [0.2, 0.25) is 0 Å². The molecule has 1 aromatic heterocycles. The molecule has 0 atom stereocenters. The van der Waals surface area contributed by atoms with Gasteiger partial charge in [-0.25, -0.2) is 0 Å². The SMILES string of the molecule is O=C(CCNC(=O)c1ccco1)NCC1(O)CCOCC1. The molecule has 0 aliphatic carbocycles. The third kappa shape index (κ3) is 4.87. The van der Waals surface area contributed by atoms with Crippen molar-refractivity contribution in [3.63, 3.8) is 0 Å². The number of rotatable bonds is 6. The van der Waals surface area contributed by atoms with Crippen molar-refractivity contribution < 1.29 is 23.8 Å². The summed E-state index contributed by atoms with van der Waals surface area (Å²) in [4.78, 5) is 23.2. The van der Waals surface area contributed by atoms with Gasteiger partial charge < -0.3 is 24.9 Å². The van der Waals surface area contributed by atoms with Crippen LogP contribution in [0.5, 0.6) is 0 Å². The fourth-order valence-electron chi connectivity index (χ4n) is 2.06. The van der Waals surface area contributed by atoms with Crippen LogP contribution >= 0.6 is 0 Å². The molecule has 3 N–H and O–H groups in total. The molecule has 2 heterocycles. The van der Waals surface area contributed by atoms with Gasteiger partial charge in [0.05, 0.1) is 11.9 Å². The third-order valence-electron chi connectivity index (χ3n) is 3.42. The van der Waals surface area contributed by atoms with E-state index in [0.29, 0.717) is 26.1 Å². The topological polar surface area (TPSA) is 101 Å². The number of aliphatic hydroxyl groups is 1. The van der Waals surface area contributed by atoms with Gasteiger partial charge in [0, 0.05) is 45.6 Å². The Hall–Kier alpha value is -1.86. The molecular weight excluding hydrogens is 276 g/mol. The zero-order valence-corrected chi connectivity index (χ0v) is 11.8. The van der Waals surface area contributed by atoms with Crippen LogP contribution in [0.15, 0.2) is 22.8 Å². The molecule has 0 unspecified atom stereocenters. The molecule has 1 aromatic rings.